The van der Waals surface area contributed by atoms with Gasteiger partial charge in [0, 0.05) is 6.61 Å². The van der Waals surface area contributed by atoms with Gasteiger partial charge in [-0.1, -0.05) is 0 Å². The maximum absolute atomic E-state index is 11.4. The number of carbonyl (C=O) groups is 2. The number of aliphatic hydroxyl groups is 1. The Labute approximate surface area is 92.8 Å². The number of hydrogen-bond donors (Lipinski definition) is 4. The molecule has 1 saturated heterocycles. The number of aliphatic hydroxyl groups excluding tert-OH is 1. The van der Waals surface area contributed by atoms with Crippen LogP contribution in [-0.4, -0.2) is 53.6 Å². The zero-order chi connectivity index (χ0) is 12.1. The van der Waals surface area contributed by atoms with E-state index < -0.39 is 24.1 Å². The average molecular weight is 232 g/mol. The van der Waals surface area contributed by atoms with Crippen LogP contribution < -0.4 is 10.6 Å². The molecule has 1 fully saturated rings. The first-order valence-electron chi connectivity index (χ1n) is 5.06. The zero-order valence-corrected chi connectivity index (χ0v) is 8.97. The van der Waals surface area contributed by atoms with Crippen molar-refractivity contribution in [2.24, 2.45) is 0 Å². The van der Waals surface area contributed by atoms with E-state index in [1.165, 1.54) is 6.92 Å². The number of urea groups is 1. The van der Waals surface area contributed by atoms with Crippen LogP contribution in [0.4, 0.5) is 4.79 Å². The first-order valence-corrected chi connectivity index (χ1v) is 5.06. The molecule has 1 aliphatic rings. The fourth-order valence-corrected chi connectivity index (χ4v) is 1.41. The molecule has 0 radical (unpaired) electrons. The number of amides is 2. The van der Waals surface area contributed by atoms with E-state index in [0.29, 0.717) is 19.6 Å². The molecule has 0 aromatic rings. The number of aliphatic carboxylic acids is 1. The number of carboxylic acid groups (broad SMARTS) is 1. The minimum absolute atomic E-state index is 0.0940. The van der Waals surface area contributed by atoms with Crippen LogP contribution in [0.3, 0.4) is 0 Å². The molecule has 7 heteroatoms. The van der Waals surface area contributed by atoms with Crippen LogP contribution in [0.15, 0.2) is 0 Å². The summed E-state index contributed by atoms with van der Waals surface area (Å²) in [4.78, 5) is 22.1. The van der Waals surface area contributed by atoms with Crippen molar-refractivity contribution < 1.29 is 24.5 Å². The van der Waals surface area contributed by atoms with Crippen molar-refractivity contribution in [3.63, 3.8) is 0 Å². The zero-order valence-electron chi connectivity index (χ0n) is 8.97. The minimum atomic E-state index is -1.30. The first kappa shape index (κ1) is 12.7. The second-order valence-electron chi connectivity index (χ2n) is 3.73. The van der Waals surface area contributed by atoms with E-state index in [9.17, 15) is 9.59 Å². The fourth-order valence-electron chi connectivity index (χ4n) is 1.41. The number of hydrogen-bond acceptors (Lipinski definition) is 4. The Morgan fingerprint density at radius 3 is 2.62 bits per heavy atom. The molecule has 0 bridgehead atoms. The summed E-state index contributed by atoms with van der Waals surface area (Å²) in [7, 11) is 0. The van der Waals surface area contributed by atoms with Gasteiger partial charge in [-0.3, -0.25) is 0 Å². The van der Waals surface area contributed by atoms with Gasteiger partial charge in [0.15, 0.2) is 6.04 Å². The summed E-state index contributed by atoms with van der Waals surface area (Å²) in [6.45, 7) is 2.32. The number of rotatable bonds is 4. The van der Waals surface area contributed by atoms with E-state index in [1.807, 2.05) is 0 Å². The molecule has 4 N–H and O–H groups in total. The summed E-state index contributed by atoms with van der Waals surface area (Å²) in [6.07, 6.45) is -0.442. The Hall–Kier alpha value is -1.34. The van der Waals surface area contributed by atoms with Crippen LogP contribution in [0.5, 0.6) is 0 Å². The molecular weight excluding hydrogens is 216 g/mol. The fraction of sp³-hybridized carbons (Fsp3) is 0.778. The Morgan fingerprint density at radius 2 is 2.19 bits per heavy atom. The molecule has 0 spiro atoms. The average Bonchev–Trinajstić information content (AvgIpc) is 2.65. The molecule has 0 aromatic heterocycles. The van der Waals surface area contributed by atoms with Crippen molar-refractivity contribution in [3.8, 4) is 0 Å². The van der Waals surface area contributed by atoms with E-state index >= 15 is 0 Å². The molecule has 3 atom stereocenters. The van der Waals surface area contributed by atoms with E-state index in [-0.39, 0.29) is 6.04 Å². The third kappa shape index (κ3) is 3.67. The van der Waals surface area contributed by atoms with Crippen LogP contribution >= 0.6 is 0 Å². The number of carboxylic acids is 1. The quantitative estimate of drug-likeness (QED) is 0.492. The predicted octanol–water partition coefficient (Wildman–Crippen LogP) is -1.09. The minimum Gasteiger partial charge on any atom is -0.480 e. The van der Waals surface area contributed by atoms with Crippen LogP contribution in [0.2, 0.25) is 0 Å². The summed E-state index contributed by atoms with van der Waals surface area (Å²) < 4.78 is 5.05. The summed E-state index contributed by atoms with van der Waals surface area (Å²) >= 11 is 0. The van der Waals surface area contributed by atoms with Gasteiger partial charge in [0.1, 0.15) is 0 Å². The lowest BCUT2D eigenvalue weighted by atomic mass is 10.2. The standard InChI is InChI=1S/C9H16N2O5/c1-5(12)7(8(13)14)11-9(15)10-6-2-3-16-4-6/h5-7,12H,2-4H2,1H3,(H,13,14)(H2,10,11,15). The third-order valence-corrected chi connectivity index (χ3v) is 2.30. The summed E-state index contributed by atoms with van der Waals surface area (Å²) in [5.41, 5.74) is 0. The monoisotopic (exact) mass is 232 g/mol. The largest absolute Gasteiger partial charge is 0.480 e. The maximum atomic E-state index is 11.4. The first-order chi connectivity index (χ1) is 7.50. The van der Waals surface area contributed by atoms with Crippen molar-refractivity contribution in [2.45, 2.75) is 31.5 Å². The van der Waals surface area contributed by atoms with Crippen LogP contribution in [-0.2, 0) is 9.53 Å². The SMILES string of the molecule is CC(O)C(NC(=O)NC1CCOC1)C(=O)O. The van der Waals surface area contributed by atoms with Gasteiger partial charge in [-0.2, -0.15) is 0 Å². The Balaban J connectivity index is 2.38. The van der Waals surface area contributed by atoms with Crippen molar-refractivity contribution in [1.82, 2.24) is 10.6 Å². The lowest BCUT2D eigenvalue weighted by Crippen LogP contribution is -2.53. The molecule has 1 rings (SSSR count). The van der Waals surface area contributed by atoms with Gasteiger partial charge in [0.2, 0.25) is 0 Å². The second-order valence-corrected chi connectivity index (χ2v) is 3.73. The number of carbonyl (C=O) groups excluding carboxylic acids is 1. The van der Waals surface area contributed by atoms with Crippen molar-refractivity contribution in [2.75, 3.05) is 13.2 Å². The van der Waals surface area contributed by atoms with Gasteiger partial charge in [-0.05, 0) is 13.3 Å². The van der Waals surface area contributed by atoms with Gasteiger partial charge < -0.3 is 25.6 Å². The van der Waals surface area contributed by atoms with E-state index in [1.54, 1.807) is 0 Å². The molecular formula is C9H16N2O5. The Kier molecular flexibility index (Phi) is 4.51. The molecule has 3 unspecified atom stereocenters. The molecule has 2 amide bonds. The second kappa shape index (κ2) is 5.66. The van der Waals surface area contributed by atoms with Gasteiger partial charge in [0.25, 0.3) is 0 Å². The molecule has 1 heterocycles. The molecule has 16 heavy (non-hydrogen) atoms. The molecule has 0 aliphatic carbocycles. The highest BCUT2D eigenvalue weighted by Gasteiger charge is 2.26. The number of ether oxygens (including phenoxy) is 1. The maximum Gasteiger partial charge on any atom is 0.328 e. The van der Waals surface area contributed by atoms with E-state index in [0.717, 1.165) is 0 Å². The lowest BCUT2D eigenvalue weighted by Gasteiger charge is -2.19. The highest BCUT2D eigenvalue weighted by atomic mass is 16.5. The molecule has 7 nitrogen and oxygen atoms in total. The Morgan fingerprint density at radius 1 is 1.50 bits per heavy atom. The predicted molar refractivity (Wildman–Crippen MR) is 54.0 cm³/mol. The van der Waals surface area contributed by atoms with Crippen LogP contribution in [0.1, 0.15) is 13.3 Å². The van der Waals surface area contributed by atoms with Crippen molar-refractivity contribution in [1.29, 1.82) is 0 Å². The van der Waals surface area contributed by atoms with Gasteiger partial charge in [0.05, 0.1) is 18.8 Å². The summed E-state index contributed by atoms with van der Waals surface area (Å²) in [5.74, 6) is -1.27. The Bertz CT molecular complexity index is 263. The normalized spacial score (nSPS) is 23.5. The number of nitrogens with one attached hydrogen (secondary N) is 2. The van der Waals surface area contributed by atoms with E-state index in [4.69, 9.17) is 14.9 Å². The smallest absolute Gasteiger partial charge is 0.328 e. The highest BCUT2D eigenvalue weighted by molar-refractivity contribution is 5.83. The van der Waals surface area contributed by atoms with Crippen LogP contribution in [0, 0.1) is 0 Å². The van der Waals surface area contributed by atoms with E-state index in [2.05, 4.69) is 10.6 Å². The third-order valence-electron chi connectivity index (χ3n) is 2.30. The lowest BCUT2D eigenvalue weighted by molar-refractivity contribution is -0.141. The van der Waals surface area contributed by atoms with Gasteiger partial charge >= 0.3 is 12.0 Å². The molecule has 1 aliphatic heterocycles. The van der Waals surface area contributed by atoms with Gasteiger partial charge in [-0.25, -0.2) is 9.59 Å². The molecule has 92 valence electrons. The topological polar surface area (TPSA) is 108 Å². The van der Waals surface area contributed by atoms with Crippen molar-refractivity contribution in [3.05, 3.63) is 0 Å². The van der Waals surface area contributed by atoms with Crippen molar-refractivity contribution >= 4 is 12.0 Å². The molecule has 0 aromatic carbocycles. The summed E-state index contributed by atoms with van der Waals surface area (Å²) in [6, 6.07) is -2.01. The van der Waals surface area contributed by atoms with Gasteiger partial charge in [-0.15, -0.1) is 0 Å². The highest BCUT2D eigenvalue weighted by Crippen LogP contribution is 2.03. The van der Waals surface area contributed by atoms with Crippen LogP contribution in [0.25, 0.3) is 0 Å². The summed E-state index contributed by atoms with van der Waals surface area (Å²) in [5, 5.41) is 22.6. The molecule has 0 saturated carbocycles.